The molecule has 0 atom stereocenters. The van der Waals surface area contributed by atoms with Crippen LogP contribution in [0, 0.1) is 11.2 Å². The van der Waals surface area contributed by atoms with Gasteiger partial charge in [0.1, 0.15) is 17.3 Å². The van der Waals surface area contributed by atoms with Crippen molar-refractivity contribution in [2.24, 2.45) is 7.05 Å². The molecule has 0 aliphatic carbocycles. The van der Waals surface area contributed by atoms with Crippen molar-refractivity contribution in [2.45, 2.75) is 32.2 Å². The predicted molar refractivity (Wildman–Crippen MR) is 158 cm³/mol. The summed E-state index contributed by atoms with van der Waals surface area (Å²) in [5.74, 6) is -0.783. The molecule has 1 saturated heterocycles. The summed E-state index contributed by atoms with van der Waals surface area (Å²) >= 11 is 0. The molecule has 11 nitrogen and oxygen atoms in total. The maximum Gasteiger partial charge on any atom is 0.274 e. The summed E-state index contributed by atoms with van der Waals surface area (Å²) in [6.45, 7) is 3.30. The molecule has 0 unspecified atom stereocenters. The molecular formula is C30H33FN8O3. The molecule has 3 N–H and O–H groups in total. The highest BCUT2D eigenvalue weighted by Gasteiger charge is 2.37. The van der Waals surface area contributed by atoms with Crippen LogP contribution >= 0.6 is 0 Å². The molecule has 6 heterocycles. The second kappa shape index (κ2) is 11.0. The number of nitrogens with zero attached hydrogens (tertiary/aromatic N) is 5. The van der Waals surface area contributed by atoms with Gasteiger partial charge in [0.2, 0.25) is 0 Å². The summed E-state index contributed by atoms with van der Waals surface area (Å²) in [5.41, 5.74) is 3.20. The van der Waals surface area contributed by atoms with Crippen molar-refractivity contribution < 1.29 is 14.0 Å². The summed E-state index contributed by atoms with van der Waals surface area (Å²) in [6, 6.07) is 3.23. The number of amides is 1. The molecule has 218 valence electrons. The monoisotopic (exact) mass is 572 g/mol. The third kappa shape index (κ3) is 4.81. The molecule has 0 spiro atoms. The maximum absolute atomic E-state index is 15.4. The average Bonchev–Trinajstić information content (AvgIpc) is 3.27. The summed E-state index contributed by atoms with van der Waals surface area (Å²) in [4.78, 5) is 47.0. The normalized spacial score (nSPS) is 17.9. The maximum atomic E-state index is 15.4. The minimum absolute atomic E-state index is 0.0417. The first-order valence-electron chi connectivity index (χ1n) is 14.1. The van der Waals surface area contributed by atoms with E-state index in [-0.39, 0.29) is 40.6 Å². The minimum Gasteiger partial charge on any atom is -0.386 e. The number of aromatic nitrogens is 3. The number of rotatable bonds is 5. The van der Waals surface area contributed by atoms with Gasteiger partial charge in [0.05, 0.1) is 16.8 Å². The molecule has 3 aliphatic rings. The molecule has 1 fully saturated rings. The lowest BCUT2D eigenvalue weighted by Gasteiger charge is -2.28. The van der Waals surface area contributed by atoms with Gasteiger partial charge in [0.15, 0.2) is 12.1 Å². The van der Waals surface area contributed by atoms with Crippen LogP contribution in [0.5, 0.6) is 0 Å². The number of fused-ring (bicyclic) bond motifs is 3. The van der Waals surface area contributed by atoms with Gasteiger partial charge in [-0.25, -0.2) is 9.37 Å². The van der Waals surface area contributed by atoms with Gasteiger partial charge in [-0.3, -0.25) is 29.6 Å². The number of amidine groups is 1. The number of pyridine rings is 2. The van der Waals surface area contributed by atoms with Gasteiger partial charge >= 0.3 is 0 Å². The van der Waals surface area contributed by atoms with Crippen molar-refractivity contribution in [3.05, 3.63) is 75.0 Å². The number of piperazine rings is 1. The quantitative estimate of drug-likeness (QED) is 0.244. The SMILES string of the molecule is CN1CCN/C(=C\C(=N)Nc2cc(-c3ccnc(N4CCc5c(c(F)c6n5CCCC6)C4=O)c3C=O)cn(C)c2=O)C1. The zero-order valence-electron chi connectivity index (χ0n) is 23.7. The molecule has 6 rings (SSSR count). The number of nitrogens with one attached hydrogen (secondary N) is 3. The number of likely N-dealkylation sites (N-methyl/N-ethyl adjacent to an activating group) is 1. The lowest BCUT2D eigenvalue weighted by molar-refractivity contribution is 0.0975. The average molecular weight is 573 g/mol. The van der Waals surface area contributed by atoms with Gasteiger partial charge in [-0.15, -0.1) is 0 Å². The molecule has 3 aromatic heterocycles. The Bertz CT molecular complexity index is 1710. The van der Waals surface area contributed by atoms with E-state index in [0.29, 0.717) is 54.7 Å². The Morgan fingerprint density at radius 3 is 2.76 bits per heavy atom. The summed E-state index contributed by atoms with van der Waals surface area (Å²) in [7, 11) is 3.59. The zero-order valence-corrected chi connectivity index (χ0v) is 23.7. The van der Waals surface area contributed by atoms with Crippen LogP contribution in [0.1, 0.15) is 44.9 Å². The van der Waals surface area contributed by atoms with E-state index in [1.54, 1.807) is 31.5 Å². The Kier molecular flexibility index (Phi) is 7.23. The van der Waals surface area contributed by atoms with Crippen LogP contribution in [0.4, 0.5) is 15.9 Å². The van der Waals surface area contributed by atoms with Crippen molar-refractivity contribution in [2.75, 3.05) is 43.4 Å². The van der Waals surface area contributed by atoms with E-state index in [2.05, 4.69) is 20.5 Å². The number of aldehydes is 1. The molecular weight excluding hydrogens is 539 g/mol. The van der Waals surface area contributed by atoms with Crippen molar-refractivity contribution in [3.8, 4) is 11.1 Å². The Balaban J connectivity index is 1.34. The first kappa shape index (κ1) is 27.6. The first-order valence-corrected chi connectivity index (χ1v) is 14.1. The molecule has 12 heteroatoms. The minimum atomic E-state index is -0.505. The number of hydrogen-bond acceptors (Lipinski definition) is 7. The Hall–Kier alpha value is -4.58. The number of aryl methyl sites for hydroxylation is 1. The zero-order chi connectivity index (χ0) is 29.5. The topological polar surface area (TPSA) is 128 Å². The van der Waals surface area contributed by atoms with Crippen LogP contribution in [0.25, 0.3) is 11.1 Å². The van der Waals surface area contributed by atoms with Crippen LogP contribution in [-0.4, -0.2) is 70.3 Å². The van der Waals surface area contributed by atoms with E-state index < -0.39 is 11.7 Å². The lowest BCUT2D eigenvalue weighted by Crippen LogP contribution is -2.40. The lowest BCUT2D eigenvalue weighted by atomic mass is 10.0. The second-order valence-corrected chi connectivity index (χ2v) is 11.0. The van der Waals surface area contributed by atoms with Gasteiger partial charge in [-0.05, 0) is 44.0 Å². The molecule has 0 bridgehead atoms. The second-order valence-electron chi connectivity index (χ2n) is 11.0. The van der Waals surface area contributed by atoms with Crippen LogP contribution < -0.4 is 21.1 Å². The molecule has 3 aromatic rings. The van der Waals surface area contributed by atoms with E-state index >= 15 is 4.39 Å². The Morgan fingerprint density at radius 1 is 1.14 bits per heavy atom. The van der Waals surface area contributed by atoms with Crippen molar-refractivity contribution in [1.82, 2.24) is 24.3 Å². The molecule has 0 radical (unpaired) electrons. The Morgan fingerprint density at radius 2 is 1.98 bits per heavy atom. The van der Waals surface area contributed by atoms with Crippen LogP contribution in [0.15, 0.2) is 41.1 Å². The van der Waals surface area contributed by atoms with Gasteiger partial charge in [-0.1, -0.05) is 0 Å². The molecule has 1 amide bonds. The fraction of sp³-hybridized carbons (Fsp3) is 0.367. The summed E-state index contributed by atoms with van der Waals surface area (Å²) in [5, 5.41) is 14.6. The first-order chi connectivity index (χ1) is 20.3. The molecule has 0 saturated carbocycles. The van der Waals surface area contributed by atoms with E-state index in [0.717, 1.165) is 31.6 Å². The van der Waals surface area contributed by atoms with Gasteiger partial charge in [0.25, 0.3) is 11.5 Å². The third-order valence-electron chi connectivity index (χ3n) is 8.20. The number of carbonyl (C=O) groups excluding carboxylic acids is 2. The largest absolute Gasteiger partial charge is 0.386 e. The van der Waals surface area contributed by atoms with Gasteiger partial charge in [0, 0.05) is 81.6 Å². The van der Waals surface area contributed by atoms with Crippen molar-refractivity contribution in [1.29, 1.82) is 5.41 Å². The van der Waals surface area contributed by atoms with E-state index in [4.69, 9.17) is 5.41 Å². The Labute approximate surface area is 242 Å². The van der Waals surface area contributed by atoms with Crippen LogP contribution in [0.2, 0.25) is 0 Å². The van der Waals surface area contributed by atoms with Crippen molar-refractivity contribution >= 4 is 29.5 Å². The highest BCUT2D eigenvalue weighted by Crippen LogP contribution is 2.35. The van der Waals surface area contributed by atoms with Crippen molar-refractivity contribution in [3.63, 3.8) is 0 Å². The highest BCUT2D eigenvalue weighted by atomic mass is 19.1. The fourth-order valence-electron chi connectivity index (χ4n) is 6.18. The van der Waals surface area contributed by atoms with Gasteiger partial charge in [-0.2, -0.15) is 0 Å². The van der Waals surface area contributed by atoms with E-state index in [9.17, 15) is 14.4 Å². The van der Waals surface area contributed by atoms with E-state index in [1.165, 1.54) is 15.7 Å². The van der Waals surface area contributed by atoms with Crippen LogP contribution in [-0.2, 0) is 26.4 Å². The van der Waals surface area contributed by atoms with Gasteiger partial charge < -0.3 is 19.8 Å². The molecule has 3 aliphatic heterocycles. The molecule has 42 heavy (non-hydrogen) atoms. The third-order valence-corrected chi connectivity index (χ3v) is 8.20. The number of halogens is 1. The number of hydrogen-bond donors (Lipinski definition) is 3. The number of anilines is 2. The molecule has 0 aromatic carbocycles. The predicted octanol–water partition coefficient (Wildman–Crippen LogP) is 2.55. The summed E-state index contributed by atoms with van der Waals surface area (Å²) < 4.78 is 18.8. The standard InChI is InChI=1S/C30H33FN8O3/c1-36-12-9-33-19(16-36)14-25(32)35-22-13-18(15-37(2)29(22)41)20-6-8-34-28(21(20)17-40)39-11-7-23-26(30(39)42)27(31)24-5-3-4-10-38(23)24/h6,8,13-15,17,33H,3-5,7,9-12,16H2,1-2H3,(H2,32,35)/b19-14-. The number of carbonyl (C=O) groups is 2. The fourth-order valence-corrected chi connectivity index (χ4v) is 6.18. The summed E-state index contributed by atoms with van der Waals surface area (Å²) in [6.07, 6.45) is 8.28. The highest BCUT2D eigenvalue weighted by molar-refractivity contribution is 6.10. The van der Waals surface area contributed by atoms with Crippen LogP contribution in [0.3, 0.4) is 0 Å². The van der Waals surface area contributed by atoms with E-state index in [1.807, 2.05) is 11.6 Å². The smallest absolute Gasteiger partial charge is 0.274 e.